The zero-order valence-electron chi connectivity index (χ0n) is 11.9. The summed E-state index contributed by atoms with van der Waals surface area (Å²) in [4.78, 5) is 9.83. The summed E-state index contributed by atoms with van der Waals surface area (Å²) in [6.07, 6.45) is 3.30. The van der Waals surface area contributed by atoms with Crippen LogP contribution in [0, 0.1) is 0 Å². The molecule has 0 aliphatic rings. The van der Waals surface area contributed by atoms with E-state index in [9.17, 15) is 0 Å². The van der Waals surface area contributed by atoms with Crippen molar-refractivity contribution in [2.75, 3.05) is 20.6 Å². The standard InChI is InChI=1S/C13H25ClN4/c1-5-6-7-12-16-11(13(14)17-12)9-15-8-10(2)18(3)4/h10,15H,5-9H2,1-4H3,(H,16,17). The van der Waals surface area contributed by atoms with E-state index in [-0.39, 0.29) is 0 Å². The molecule has 0 saturated carbocycles. The molecule has 0 aliphatic heterocycles. The van der Waals surface area contributed by atoms with Gasteiger partial charge in [0.05, 0.1) is 5.69 Å². The third kappa shape index (κ3) is 4.96. The first-order valence-electron chi connectivity index (χ1n) is 6.65. The van der Waals surface area contributed by atoms with Crippen LogP contribution in [0.3, 0.4) is 0 Å². The average molecular weight is 273 g/mol. The molecule has 18 heavy (non-hydrogen) atoms. The summed E-state index contributed by atoms with van der Waals surface area (Å²) in [6, 6.07) is 0.506. The lowest BCUT2D eigenvalue weighted by Crippen LogP contribution is -2.35. The summed E-state index contributed by atoms with van der Waals surface area (Å²) in [5.41, 5.74) is 0.994. The average Bonchev–Trinajstić information content (AvgIpc) is 2.67. The number of aryl methyl sites for hydroxylation is 1. The first kappa shape index (κ1) is 15.5. The van der Waals surface area contributed by atoms with E-state index in [4.69, 9.17) is 11.6 Å². The van der Waals surface area contributed by atoms with Crippen LogP contribution in [0.2, 0.25) is 5.15 Å². The first-order chi connectivity index (χ1) is 8.54. The highest BCUT2D eigenvalue weighted by molar-refractivity contribution is 6.30. The third-order valence-corrected chi connectivity index (χ3v) is 3.48. The Kier molecular flexibility index (Phi) is 6.68. The Hall–Kier alpha value is -0.580. The molecule has 0 fully saturated rings. The van der Waals surface area contributed by atoms with Gasteiger partial charge in [-0.3, -0.25) is 0 Å². The molecule has 0 aliphatic carbocycles. The van der Waals surface area contributed by atoms with Gasteiger partial charge in [0.2, 0.25) is 0 Å². The van der Waals surface area contributed by atoms with Crippen LogP contribution in [0.1, 0.15) is 38.2 Å². The quantitative estimate of drug-likeness (QED) is 0.764. The molecule has 0 aromatic carbocycles. The second-order valence-corrected chi connectivity index (χ2v) is 5.36. The van der Waals surface area contributed by atoms with Gasteiger partial charge < -0.3 is 15.2 Å². The molecule has 0 spiro atoms. The van der Waals surface area contributed by atoms with Gasteiger partial charge in [0.25, 0.3) is 0 Å². The molecule has 1 atom stereocenters. The van der Waals surface area contributed by atoms with E-state index in [1.165, 1.54) is 6.42 Å². The molecule has 1 aromatic heterocycles. The Morgan fingerprint density at radius 1 is 1.44 bits per heavy atom. The predicted octanol–water partition coefficient (Wildman–Crippen LogP) is 2.45. The minimum absolute atomic E-state index is 0.506. The molecule has 2 N–H and O–H groups in total. The van der Waals surface area contributed by atoms with Crippen LogP contribution in [-0.4, -0.2) is 41.5 Å². The van der Waals surface area contributed by atoms with Gasteiger partial charge in [-0.1, -0.05) is 24.9 Å². The number of nitrogens with zero attached hydrogens (tertiary/aromatic N) is 2. The van der Waals surface area contributed by atoms with E-state index in [1.54, 1.807) is 0 Å². The molecular weight excluding hydrogens is 248 g/mol. The molecule has 0 saturated heterocycles. The fourth-order valence-electron chi connectivity index (χ4n) is 1.61. The molecule has 0 amide bonds. The van der Waals surface area contributed by atoms with Crippen molar-refractivity contribution in [1.82, 2.24) is 20.2 Å². The summed E-state index contributed by atoms with van der Waals surface area (Å²) in [5.74, 6) is 0.999. The van der Waals surface area contributed by atoms with Gasteiger partial charge >= 0.3 is 0 Å². The number of unbranched alkanes of at least 4 members (excludes halogenated alkanes) is 1. The molecular formula is C13H25ClN4. The summed E-state index contributed by atoms with van der Waals surface area (Å²) in [6.45, 7) is 6.05. The van der Waals surface area contributed by atoms with Gasteiger partial charge in [-0.25, -0.2) is 4.98 Å². The Balaban J connectivity index is 2.40. The second-order valence-electron chi connectivity index (χ2n) is 5.00. The first-order valence-corrected chi connectivity index (χ1v) is 7.02. The van der Waals surface area contributed by atoms with E-state index in [2.05, 4.69) is 48.1 Å². The molecule has 1 aromatic rings. The van der Waals surface area contributed by atoms with Gasteiger partial charge in [0.1, 0.15) is 5.82 Å². The minimum Gasteiger partial charge on any atom is -0.344 e. The van der Waals surface area contributed by atoms with Crippen molar-refractivity contribution in [1.29, 1.82) is 0 Å². The number of nitrogens with one attached hydrogen (secondary N) is 2. The highest BCUT2D eigenvalue weighted by Crippen LogP contribution is 2.13. The minimum atomic E-state index is 0.506. The zero-order chi connectivity index (χ0) is 13.5. The van der Waals surface area contributed by atoms with Crippen LogP contribution in [0.25, 0.3) is 0 Å². The number of likely N-dealkylation sites (N-methyl/N-ethyl adjacent to an activating group) is 1. The fourth-order valence-corrected chi connectivity index (χ4v) is 1.82. The third-order valence-electron chi connectivity index (χ3n) is 3.17. The maximum atomic E-state index is 6.11. The number of hydrogen-bond donors (Lipinski definition) is 2. The number of aromatic nitrogens is 2. The highest BCUT2D eigenvalue weighted by Gasteiger charge is 2.09. The topological polar surface area (TPSA) is 44.0 Å². The normalized spacial score (nSPS) is 13.2. The highest BCUT2D eigenvalue weighted by atomic mass is 35.5. The number of halogens is 1. The van der Waals surface area contributed by atoms with Crippen molar-refractivity contribution in [3.05, 3.63) is 16.7 Å². The van der Waals surface area contributed by atoms with Crippen LogP contribution in [0.4, 0.5) is 0 Å². The molecule has 1 rings (SSSR count). The van der Waals surface area contributed by atoms with Gasteiger partial charge in [-0.05, 0) is 27.4 Å². The van der Waals surface area contributed by atoms with Crippen LogP contribution in [0.15, 0.2) is 0 Å². The van der Waals surface area contributed by atoms with Crippen LogP contribution in [-0.2, 0) is 13.0 Å². The number of H-pyrrole nitrogens is 1. The molecule has 104 valence electrons. The van der Waals surface area contributed by atoms with Crippen molar-refractivity contribution in [3.8, 4) is 0 Å². The van der Waals surface area contributed by atoms with Crippen molar-refractivity contribution < 1.29 is 0 Å². The molecule has 5 heteroatoms. The maximum Gasteiger partial charge on any atom is 0.151 e. The Morgan fingerprint density at radius 3 is 2.78 bits per heavy atom. The maximum absolute atomic E-state index is 6.11. The summed E-state index contributed by atoms with van der Waals surface area (Å²) in [5, 5.41) is 4.00. The second kappa shape index (κ2) is 7.77. The molecule has 1 unspecified atom stereocenters. The van der Waals surface area contributed by atoms with Gasteiger partial charge in [-0.2, -0.15) is 0 Å². The van der Waals surface area contributed by atoms with E-state index in [0.717, 1.165) is 37.4 Å². The van der Waals surface area contributed by atoms with E-state index >= 15 is 0 Å². The predicted molar refractivity (Wildman–Crippen MR) is 77.1 cm³/mol. The lowest BCUT2D eigenvalue weighted by molar-refractivity contribution is 0.302. The van der Waals surface area contributed by atoms with Crippen LogP contribution < -0.4 is 5.32 Å². The summed E-state index contributed by atoms with van der Waals surface area (Å²) < 4.78 is 0. The lowest BCUT2D eigenvalue weighted by atomic mass is 10.2. The number of rotatable bonds is 8. The van der Waals surface area contributed by atoms with Crippen molar-refractivity contribution in [2.45, 2.75) is 45.7 Å². The number of aromatic amines is 1. The van der Waals surface area contributed by atoms with E-state index in [1.807, 2.05) is 0 Å². The van der Waals surface area contributed by atoms with Crippen molar-refractivity contribution >= 4 is 11.6 Å². The van der Waals surface area contributed by atoms with Crippen molar-refractivity contribution in [2.24, 2.45) is 0 Å². The Morgan fingerprint density at radius 2 is 2.17 bits per heavy atom. The van der Waals surface area contributed by atoms with Gasteiger partial charge in [0, 0.05) is 25.6 Å². The lowest BCUT2D eigenvalue weighted by Gasteiger charge is -2.19. The summed E-state index contributed by atoms with van der Waals surface area (Å²) >= 11 is 6.11. The Labute approximate surface area is 115 Å². The zero-order valence-corrected chi connectivity index (χ0v) is 12.6. The molecule has 0 bridgehead atoms. The Bertz CT molecular complexity index is 349. The van der Waals surface area contributed by atoms with Gasteiger partial charge in [-0.15, -0.1) is 0 Å². The molecule has 1 heterocycles. The summed E-state index contributed by atoms with van der Waals surface area (Å²) in [7, 11) is 4.16. The number of hydrogen-bond acceptors (Lipinski definition) is 3. The van der Waals surface area contributed by atoms with Crippen LogP contribution in [0.5, 0.6) is 0 Å². The molecule has 0 radical (unpaired) electrons. The van der Waals surface area contributed by atoms with Gasteiger partial charge in [0.15, 0.2) is 5.15 Å². The van der Waals surface area contributed by atoms with Crippen LogP contribution >= 0.6 is 11.6 Å². The monoisotopic (exact) mass is 272 g/mol. The smallest absolute Gasteiger partial charge is 0.151 e. The van der Waals surface area contributed by atoms with Crippen molar-refractivity contribution in [3.63, 3.8) is 0 Å². The van der Waals surface area contributed by atoms with E-state index < -0.39 is 0 Å². The molecule has 4 nitrogen and oxygen atoms in total. The largest absolute Gasteiger partial charge is 0.344 e. The number of imidazole rings is 1. The fraction of sp³-hybridized carbons (Fsp3) is 0.769. The van der Waals surface area contributed by atoms with E-state index in [0.29, 0.717) is 11.2 Å². The SMILES string of the molecule is CCCCc1nc(Cl)c(CNCC(C)N(C)C)[nH]1.